The third kappa shape index (κ3) is 2.37. The number of hydrogen-bond donors (Lipinski definition) is 1. The quantitative estimate of drug-likeness (QED) is 0.712. The van der Waals surface area contributed by atoms with Crippen LogP contribution >= 0.6 is 0 Å². The number of rotatable bonds is 3. The molecule has 0 aliphatic rings. The minimum atomic E-state index is 0.585. The van der Waals surface area contributed by atoms with Crippen molar-refractivity contribution in [2.75, 3.05) is 0 Å². The van der Waals surface area contributed by atoms with E-state index in [1.807, 2.05) is 39.0 Å². The van der Waals surface area contributed by atoms with Crippen LogP contribution in [0.25, 0.3) is 21.9 Å². The van der Waals surface area contributed by atoms with Crippen molar-refractivity contribution >= 4 is 27.6 Å². The average molecular weight is 249 g/mol. The lowest BCUT2D eigenvalue weighted by Crippen LogP contribution is -2.00. The van der Waals surface area contributed by atoms with Gasteiger partial charge in [-0.05, 0) is 48.2 Å². The third-order valence-corrected chi connectivity index (χ3v) is 3.35. The van der Waals surface area contributed by atoms with Crippen LogP contribution in [-0.4, -0.2) is 5.71 Å². The van der Waals surface area contributed by atoms with E-state index in [2.05, 4.69) is 30.8 Å². The molecule has 1 N–H and O–H groups in total. The molecule has 1 heteroatoms. The molecule has 0 aromatic heterocycles. The van der Waals surface area contributed by atoms with Crippen molar-refractivity contribution in [1.29, 1.82) is 5.41 Å². The molecule has 0 heterocycles. The van der Waals surface area contributed by atoms with Gasteiger partial charge in [-0.2, -0.15) is 0 Å². The number of allylic oxidation sites excluding steroid dienone is 3. The smallest absolute Gasteiger partial charge is 0.0358 e. The lowest BCUT2D eigenvalue weighted by molar-refractivity contribution is 1.48. The first-order valence-corrected chi connectivity index (χ1v) is 6.46. The molecule has 96 valence electrons. The number of benzene rings is 2. The van der Waals surface area contributed by atoms with Crippen LogP contribution in [0.2, 0.25) is 0 Å². The lowest BCUT2D eigenvalue weighted by Gasteiger charge is -2.15. The molecule has 19 heavy (non-hydrogen) atoms. The van der Waals surface area contributed by atoms with Gasteiger partial charge in [-0.15, -0.1) is 0 Å². The summed E-state index contributed by atoms with van der Waals surface area (Å²) >= 11 is 0. The van der Waals surface area contributed by atoms with E-state index in [0.717, 1.165) is 22.3 Å². The molecule has 0 amide bonds. The van der Waals surface area contributed by atoms with Gasteiger partial charge in [-0.1, -0.05) is 54.6 Å². The second-order valence-electron chi connectivity index (χ2n) is 4.82. The maximum Gasteiger partial charge on any atom is 0.0358 e. The predicted octanol–water partition coefficient (Wildman–Crippen LogP) is 5.32. The molecule has 0 atom stereocenters. The SMILES string of the molecule is C=C(C)c1ccc2ccccc2c1/C(=C\C)C(C)=N. The molecule has 2 rings (SSSR count). The average Bonchev–Trinajstić information content (AvgIpc) is 2.39. The molecule has 0 spiro atoms. The first-order valence-electron chi connectivity index (χ1n) is 6.46. The molecule has 0 bridgehead atoms. The number of hydrogen-bond acceptors (Lipinski definition) is 1. The highest BCUT2D eigenvalue weighted by atomic mass is 14.4. The van der Waals surface area contributed by atoms with E-state index in [-0.39, 0.29) is 0 Å². The van der Waals surface area contributed by atoms with Crippen LogP contribution in [0.1, 0.15) is 31.9 Å². The van der Waals surface area contributed by atoms with Gasteiger partial charge in [0.2, 0.25) is 0 Å². The number of fused-ring (bicyclic) bond motifs is 1. The van der Waals surface area contributed by atoms with Crippen molar-refractivity contribution in [3.05, 3.63) is 60.2 Å². The van der Waals surface area contributed by atoms with Crippen LogP contribution in [0.5, 0.6) is 0 Å². The Labute approximate surface area is 114 Å². The molecule has 0 fully saturated rings. The minimum Gasteiger partial charge on any atom is -0.305 e. The van der Waals surface area contributed by atoms with E-state index in [9.17, 15) is 0 Å². The van der Waals surface area contributed by atoms with E-state index in [1.54, 1.807) is 0 Å². The Bertz CT molecular complexity index is 690. The van der Waals surface area contributed by atoms with Crippen LogP contribution in [0.3, 0.4) is 0 Å². The van der Waals surface area contributed by atoms with Gasteiger partial charge in [0.25, 0.3) is 0 Å². The summed E-state index contributed by atoms with van der Waals surface area (Å²) in [4.78, 5) is 0. The van der Waals surface area contributed by atoms with Crippen molar-refractivity contribution in [3.63, 3.8) is 0 Å². The van der Waals surface area contributed by atoms with Crippen molar-refractivity contribution in [2.24, 2.45) is 0 Å². The van der Waals surface area contributed by atoms with Crippen molar-refractivity contribution < 1.29 is 0 Å². The lowest BCUT2D eigenvalue weighted by atomic mass is 9.88. The summed E-state index contributed by atoms with van der Waals surface area (Å²) in [5.74, 6) is 0. The summed E-state index contributed by atoms with van der Waals surface area (Å²) in [6, 6.07) is 12.5. The van der Waals surface area contributed by atoms with Gasteiger partial charge in [0.1, 0.15) is 0 Å². The topological polar surface area (TPSA) is 23.9 Å². The second-order valence-corrected chi connectivity index (χ2v) is 4.82. The normalized spacial score (nSPS) is 11.6. The van der Waals surface area contributed by atoms with E-state index < -0.39 is 0 Å². The monoisotopic (exact) mass is 249 g/mol. The fourth-order valence-corrected chi connectivity index (χ4v) is 2.47. The highest BCUT2D eigenvalue weighted by molar-refractivity contribution is 6.25. The van der Waals surface area contributed by atoms with E-state index >= 15 is 0 Å². The van der Waals surface area contributed by atoms with Crippen LogP contribution < -0.4 is 0 Å². The fraction of sp³-hybridized carbons (Fsp3) is 0.167. The second kappa shape index (κ2) is 5.23. The van der Waals surface area contributed by atoms with Crippen LogP contribution in [0.15, 0.2) is 49.1 Å². The van der Waals surface area contributed by atoms with E-state index in [0.29, 0.717) is 5.71 Å². The minimum absolute atomic E-state index is 0.585. The summed E-state index contributed by atoms with van der Waals surface area (Å²) in [5, 5.41) is 10.4. The highest BCUT2D eigenvalue weighted by Gasteiger charge is 2.13. The summed E-state index contributed by atoms with van der Waals surface area (Å²) in [5.41, 5.74) is 4.84. The van der Waals surface area contributed by atoms with Gasteiger partial charge < -0.3 is 5.41 Å². The van der Waals surface area contributed by atoms with Gasteiger partial charge in [0.05, 0.1) is 0 Å². The molecule has 0 aliphatic carbocycles. The Kier molecular flexibility index (Phi) is 3.66. The maximum atomic E-state index is 8.00. The zero-order chi connectivity index (χ0) is 14.0. The Morgan fingerprint density at radius 2 is 1.79 bits per heavy atom. The van der Waals surface area contributed by atoms with Gasteiger partial charge in [0.15, 0.2) is 0 Å². The Balaban J connectivity index is 2.91. The molecule has 0 unspecified atom stereocenters. The molecular weight excluding hydrogens is 230 g/mol. The summed E-state index contributed by atoms with van der Waals surface area (Å²) in [7, 11) is 0. The molecular formula is C18H19N. The molecule has 0 radical (unpaired) electrons. The van der Waals surface area contributed by atoms with Gasteiger partial charge in [-0.25, -0.2) is 0 Å². The highest BCUT2D eigenvalue weighted by Crippen LogP contribution is 2.32. The zero-order valence-electron chi connectivity index (χ0n) is 11.7. The summed E-state index contributed by atoms with van der Waals surface area (Å²) in [6.07, 6.45) is 2.01. The Morgan fingerprint density at radius 3 is 2.37 bits per heavy atom. The first kappa shape index (κ1) is 13.3. The van der Waals surface area contributed by atoms with E-state index in [4.69, 9.17) is 5.41 Å². The van der Waals surface area contributed by atoms with Crippen LogP contribution in [-0.2, 0) is 0 Å². The first-order chi connectivity index (χ1) is 9.06. The van der Waals surface area contributed by atoms with Crippen molar-refractivity contribution in [2.45, 2.75) is 20.8 Å². The molecule has 2 aromatic rings. The zero-order valence-corrected chi connectivity index (χ0v) is 11.7. The van der Waals surface area contributed by atoms with Crippen LogP contribution in [0.4, 0.5) is 0 Å². The third-order valence-electron chi connectivity index (χ3n) is 3.35. The van der Waals surface area contributed by atoms with Crippen LogP contribution in [0, 0.1) is 5.41 Å². The molecule has 0 saturated carbocycles. The summed E-state index contributed by atoms with van der Waals surface area (Å²) < 4.78 is 0. The number of nitrogens with one attached hydrogen (secondary N) is 1. The molecule has 0 aliphatic heterocycles. The van der Waals surface area contributed by atoms with E-state index in [1.165, 1.54) is 10.8 Å². The molecule has 0 saturated heterocycles. The predicted molar refractivity (Wildman–Crippen MR) is 85.7 cm³/mol. The molecule has 2 aromatic carbocycles. The Morgan fingerprint density at radius 1 is 1.11 bits per heavy atom. The fourth-order valence-electron chi connectivity index (χ4n) is 2.47. The van der Waals surface area contributed by atoms with Gasteiger partial charge >= 0.3 is 0 Å². The van der Waals surface area contributed by atoms with Gasteiger partial charge in [-0.3, -0.25) is 0 Å². The van der Waals surface area contributed by atoms with Crippen molar-refractivity contribution in [1.82, 2.24) is 0 Å². The van der Waals surface area contributed by atoms with Gasteiger partial charge in [0, 0.05) is 5.71 Å². The largest absolute Gasteiger partial charge is 0.305 e. The summed E-state index contributed by atoms with van der Waals surface area (Å²) in [6.45, 7) is 9.90. The van der Waals surface area contributed by atoms with Crippen molar-refractivity contribution in [3.8, 4) is 0 Å². The molecule has 1 nitrogen and oxygen atoms in total. The standard InChI is InChI=1S/C18H19N/c1-5-15(13(4)19)18-16(12(2)3)11-10-14-8-6-7-9-17(14)18/h5-11,19H,2H2,1,3-4H3/b15-5-,19-13?. The maximum absolute atomic E-state index is 8.00. The Hall–Kier alpha value is -2.15.